The first-order valence-corrected chi connectivity index (χ1v) is 7.23. The number of ether oxygens (including phenoxy) is 2. The summed E-state index contributed by atoms with van der Waals surface area (Å²) in [7, 11) is 1.68. The molecule has 4 nitrogen and oxygen atoms in total. The summed E-state index contributed by atoms with van der Waals surface area (Å²) >= 11 is 0. The van der Waals surface area contributed by atoms with Crippen LogP contribution in [0.4, 0.5) is 0 Å². The molecule has 1 atom stereocenters. The second-order valence-electron chi connectivity index (χ2n) is 5.57. The van der Waals surface area contributed by atoms with E-state index in [1.165, 1.54) is 0 Å². The molecule has 20 heavy (non-hydrogen) atoms. The van der Waals surface area contributed by atoms with E-state index in [0.29, 0.717) is 0 Å². The average molecular weight is 274 g/mol. The quantitative estimate of drug-likeness (QED) is 0.911. The number of rotatable bonds is 4. The zero-order valence-corrected chi connectivity index (χ0v) is 12.0. The van der Waals surface area contributed by atoms with E-state index in [1.54, 1.807) is 7.11 Å². The predicted molar refractivity (Wildman–Crippen MR) is 80.1 cm³/mol. The summed E-state index contributed by atoms with van der Waals surface area (Å²) < 4.78 is 11.5. The Balaban J connectivity index is 1.73. The lowest BCUT2D eigenvalue weighted by molar-refractivity contribution is 0.123. The zero-order valence-electron chi connectivity index (χ0n) is 12.0. The zero-order chi connectivity index (χ0) is 14.0. The van der Waals surface area contributed by atoms with E-state index in [1.807, 2.05) is 18.2 Å². The Bertz CT molecular complexity index is 515. The van der Waals surface area contributed by atoms with Crippen LogP contribution in [0.15, 0.2) is 24.3 Å². The van der Waals surface area contributed by atoms with Crippen LogP contribution in [0.3, 0.4) is 0 Å². The predicted octanol–water partition coefficient (Wildman–Crippen LogP) is 1.89. The van der Waals surface area contributed by atoms with Gasteiger partial charge < -0.3 is 15.2 Å². The van der Waals surface area contributed by atoms with Gasteiger partial charge in [0, 0.05) is 25.1 Å². The minimum absolute atomic E-state index is 0.157. The third-order valence-electron chi connectivity index (χ3n) is 4.12. The van der Waals surface area contributed by atoms with E-state index in [2.05, 4.69) is 17.1 Å². The molecule has 2 aliphatic heterocycles. The molecular weight excluding hydrogens is 252 g/mol. The number of benzene rings is 1. The van der Waals surface area contributed by atoms with Crippen molar-refractivity contribution in [2.45, 2.75) is 18.4 Å². The van der Waals surface area contributed by atoms with Crippen molar-refractivity contribution in [2.24, 2.45) is 5.73 Å². The van der Waals surface area contributed by atoms with Crippen LogP contribution in [-0.2, 0) is 0 Å². The molecule has 0 amide bonds. The number of hydrogen-bond donors (Lipinski definition) is 1. The molecule has 0 radical (unpaired) electrons. The first kappa shape index (κ1) is 13.5. The fourth-order valence-electron chi connectivity index (χ4n) is 2.98. The summed E-state index contributed by atoms with van der Waals surface area (Å²) in [5.41, 5.74) is 6.52. The summed E-state index contributed by atoms with van der Waals surface area (Å²) in [6.07, 6.45) is 6.46. The van der Waals surface area contributed by atoms with Gasteiger partial charge in [-0.1, -0.05) is 6.08 Å². The van der Waals surface area contributed by atoms with Gasteiger partial charge in [0.2, 0.25) is 0 Å². The SMILES string of the molecule is COc1ccc2c(c1)C=CC1(CCN(CCCN)C1)O2. The third kappa shape index (κ3) is 2.53. The molecule has 108 valence electrons. The smallest absolute Gasteiger partial charge is 0.141 e. The molecule has 1 aromatic carbocycles. The highest BCUT2D eigenvalue weighted by Gasteiger charge is 2.39. The van der Waals surface area contributed by atoms with Crippen molar-refractivity contribution in [2.75, 3.05) is 33.3 Å². The highest BCUT2D eigenvalue weighted by Crippen LogP contribution is 2.37. The summed E-state index contributed by atoms with van der Waals surface area (Å²) in [6.45, 7) is 3.85. The summed E-state index contributed by atoms with van der Waals surface area (Å²) in [5, 5.41) is 0. The Hall–Kier alpha value is -1.52. The van der Waals surface area contributed by atoms with Crippen LogP contribution >= 0.6 is 0 Å². The Morgan fingerprint density at radius 3 is 3.15 bits per heavy atom. The number of nitrogens with two attached hydrogens (primary N) is 1. The first-order chi connectivity index (χ1) is 9.74. The van der Waals surface area contributed by atoms with Gasteiger partial charge >= 0.3 is 0 Å². The van der Waals surface area contributed by atoms with E-state index in [0.717, 1.165) is 56.1 Å². The van der Waals surface area contributed by atoms with Crippen LogP contribution in [0.5, 0.6) is 11.5 Å². The highest BCUT2D eigenvalue weighted by molar-refractivity contribution is 5.63. The van der Waals surface area contributed by atoms with Gasteiger partial charge in [-0.2, -0.15) is 0 Å². The third-order valence-corrected chi connectivity index (χ3v) is 4.12. The molecule has 1 spiro atoms. The fraction of sp³-hybridized carbons (Fsp3) is 0.500. The molecule has 1 aromatic rings. The van der Waals surface area contributed by atoms with E-state index < -0.39 is 0 Å². The maximum Gasteiger partial charge on any atom is 0.141 e. The molecule has 1 fully saturated rings. The van der Waals surface area contributed by atoms with Gasteiger partial charge in [-0.05, 0) is 43.8 Å². The largest absolute Gasteiger partial charge is 0.497 e. The van der Waals surface area contributed by atoms with E-state index in [4.69, 9.17) is 15.2 Å². The number of likely N-dealkylation sites (tertiary alicyclic amines) is 1. The Labute approximate surface area is 120 Å². The van der Waals surface area contributed by atoms with Crippen molar-refractivity contribution in [3.8, 4) is 11.5 Å². The van der Waals surface area contributed by atoms with Gasteiger partial charge in [0.15, 0.2) is 0 Å². The highest BCUT2D eigenvalue weighted by atomic mass is 16.5. The minimum Gasteiger partial charge on any atom is -0.497 e. The first-order valence-electron chi connectivity index (χ1n) is 7.23. The topological polar surface area (TPSA) is 47.7 Å². The molecule has 0 aromatic heterocycles. The maximum atomic E-state index is 6.27. The molecule has 2 aliphatic rings. The summed E-state index contributed by atoms with van der Waals surface area (Å²) in [4.78, 5) is 2.44. The molecular formula is C16H22N2O2. The summed E-state index contributed by atoms with van der Waals surface area (Å²) in [5.74, 6) is 1.82. The normalized spacial score (nSPS) is 24.7. The van der Waals surface area contributed by atoms with Crippen LogP contribution < -0.4 is 15.2 Å². The van der Waals surface area contributed by atoms with Crippen molar-refractivity contribution in [1.82, 2.24) is 4.90 Å². The molecule has 4 heteroatoms. The molecule has 0 bridgehead atoms. The summed E-state index contributed by atoms with van der Waals surface area (Å²) in [6, 6.07) is 5.97. The molecule has 1 unspecified atom stereocenters. The lowest BCUT2D eigenvalue weighted by Gasteiger charge is -2.31. The standard InChI is InChI=1S/C16H22N2O2/c1-19-14-3-4-15-13(11-14)5-6-16(20-15)7-10-18(12-16)9-2-8-17/h3-6,11H,2,7-10,12,17H2,1H3. The van der Waals surface area contributed by atoms with Crippen molar-refractivity contribution < 1.29 is 9.47 Å². The van der Waals surface area contributed by atoms with Crippen LogP contribution in [0.1, 0.15) is 18.4 Å². The van der Waals surface area contributed by atoms with Crippen LogP contribution in [-0.4, -0.2) is 43.8 Å². The van der Waals surface area contributed by atoms with E-state index >= 15 is 0 Å². The van der Waals surface area contributed by atoms with Crippen molar-refractivity contribution >= 4 is 6.08 Å². The van der Waals surface area contributed by atoms with Gasteiger partial charge in [0.1, 0.15) is 17.1 Å². The van der Waals surface area contributed by atoms with Crippen LogP contribution in [0.25, 0.3) is 6.08 Å². The second kappa shape index (κ2) is 5.46. The fourth-order valence-corrected chi connectivity index (χ4v) is 2.98. The van der Waals surface area contributed by atoms with Gasteiger partial charge in [0.05, 0.1) is 7.11 Å². The van der Waals surface area contributed by atoms with E-state index in [9.17, 15) is 0 Å². The number of methoxy groups -OCH3 is 1. The van der Waals surface area contributed by atoms with Gasteiger partial charge in [-0.15, -0.1) is 0 Å². The maximum absolute atomic E-state index is 6.27. The Morgan fingerprint density at radius 1 is 1.45 bits per heavy atom. The molecule has 1 saturated heterocycles. The molecule has 0 aliphatic carbocycles. The second-order valence-corrected chi connectivity index (χ2v) is 5.57. The van der Waals surface area contributed by atoms with Crippen LogP contribution in [0, 0.1) is 0 Å². The lowest BCUT2D eigenvalue weighted by atomic mass is 9.97. The van der Waals surface area contributed by atoms with Gasteiger partial charge in [-0.3, -0.25) is 4.90 Å². The van der Waals surface area contributed by atoms with Gasteiger partial charge in [-0.25, -0.2) is 0 Å². The average Bonchev–Trinajstić information content (AvgIpc) is 2.87. The molecule has 2 N–H and O–H groups in total. The van der Waals surface area contributed by atoms with E-state index in [-0.39, 0.29) is 5.60 Å². The minimum atomic E-state index is -0.157. The number of fused-ring (bicyclic) bond motifs is 1. The molecule has 0 saturated carbocycles. The van der Waals surface area contributed by atoms with Crippen LogP contribution in [0.2, 0.25) is 0 Å². The number of nitrogens with zero attached hydrogens (tertiary/aromatic N) is 1. The lowest BCUT2D eigenvalue weighted by Crippen LogP contribution is -2.39. The Kier molecular flexibility index (Phi) is 3.68. The molecule has 2 heterocycles. The van der Waals surface area contributed by atoms with Gasteiger partial charge in [0.25, 0.3) is 0 Å². The van der Waals surface area contributed by atoms with Crippen molar-refractivity contribution in [3.63, 3.8) is 0 Å². The Morgan fingerprint density at radius 2 is 2.35 bits per heavy atom. The molecule has 3 rings (SSSR count). The number of hydrogen-bond acceptors (Lipinski definition) is 4. The monoisotopic (exact) mass is 274 g/mol. The van der Waals surface area contributed by atoms with Crippen molar-refractivity contribution in [3.05, 3.63) is 29.8 Å². The van der Waals surface area contributed by atoms with Crippen molar-refractivity contribution in [1.29, 1.82) is 0 Å².